The highest BCUT2D eigenvalue weighted by Gasteiger charge is 1.93. The van der Waals surface area contributed by atoms with Gasteiger partial charge in [0, 0.05) is 11.8 Å². The van der Waals surface area contributed by atoms with Crippen molar-refractivity contribution in [3.8, 4) is 0 Å². The van der Waals surface area contributed by atoms with Gasteiger partial charge in [0.1, 0.15) is 0 Å². The van der Waals surface area contributed by atoms with E-state index in [0.717, 1.165) is 0 Å². The van der Waals surface area contributed by atoms with Crippen LogP contribution in [0.4, 0.5) is 0 Å². The minimum absolute atomic E-state index is 0.0625. The Hall–Kier alpha value is -0.720. The van der Waals surface area contributed by atoms with Gasteiger partial charge in [0.05, 0.1) is 17.1 Å². The van der Waals surface area contributed by atoms with Crippen LogP contribution in [0.3, 0.4) is 0 Å². The van der Waals surface area contributed by atoms with Crippen molar-refractivity contribution in [2.24, 2.45) is 0 Å². The van der Waals surface area contributed by atoms with Crippen LogP contribution in [0.1, 0.15) is 20.8 Å². The third-order valence-electron chi connectivity index (χ3n) is 1.00. The molecule has 0 amide bonds. The van der Waals surface area contributed by atoms with Crippen molar-refractivity contribution in [1.29, 1.82) is 0 Å². The third-order valence-corrected chi connectivity index (χ3v) is 1.83. The molecule has 0 aromatic carbocycles. The topological polar surface area (TPSA) is 83.8 Å². The molecule has 0 atom stereocenters. The molecule has 86 valence electrons. The van der Waals surface area contributed by atoms with E-state index in [9.17, 15) is 9.00 Å². The van der Waals surface area contributed by atoms with Gasteiger partial charge in [-0.2, -0.15) is 0 Å². The molecule has 0 saturated carbocycles. The van der Waals surface area contributed by atoms with E-state index in [2.05, 4.69) is 4.74 Å². The molecular weight excluding hydrogens is 208 g/mol. The van der Waals surface area contributed by atoms with E-state index >= 15 is 0 Å². The molecule has 0 fully saturated rings. The maximum absolute atomic E-state index is 10.3. The maximum Gasteiger partial charge on any atom is 0.330 e. The quantitative estimate of drug-likeness (QED) is 0.381. The number of allylic oxidation sites excluding steroid dienone is 1. The van der Waals surface area contributed by atoms with E-state index in [-0.39, 0.29) is 11.7 Å². The van der Waals surface area contributed by atoms with Crippen LogP contribution in [-0.2, 0) is 20.0 Å². The predicted molar refractivity (Wildman–Crippen MR) is 56.8 cm³/mol. The van der Waals surface area contributed by atoms with Crippen LogP contribution < -0.4 is 0 Å². The summed E-state index contributed by atoms with van der Waals surface area (Å²) in [4.78, 5) is 10.3. The van der Waals surface area contributed by atoms with E-state index in [1.165, 1.54) is 13.0 Å². The average molecular weight is 226 g/mol. The lowest BCUT2D eigenvalue weighted by molar-refractivity contribution is -0.137. The average Bonchev–Trinajstić information content (AvgIpc) is 2.05. The Bertz CT molecular complexity index is 218. The molecule has 0 saturated heterocycles. The van der Waals surface area contributed by atoms with Crippen molar-refractivity contribution in [1.82, 2.24) is 0 Å². The molecule has 0 spiro atoms. The molecule has 0 aromatic heterocycles. The van der Waals surface area contributed by atoms with Crippen molar-refractivity contribution in [2.75, 3.05) is 12.4 Å². The Morgan fingerprint density at radius 3 is 2.07 bits per heavy atom. The Kier molecular flexibility index (Phi) is 9.96. The second kappa shape index (κ2) is 8.86. The van der Waals surface area contributed by atoms with Gasteiger partial charge < -0.3 is 13.8 Å². The van der Waals surface area contributed by atoms with Crippen LogP contribution in [0, 0.1) is 0 Å². The van der Waals surface area contributed by atoms with Crippen LogP contribution in [0.25, 0.3) is 0 Å². The summed E-state index contributed by atoms with van der Waals surface area (Å²) in [7, 11) is -3.65. The van der Waals surface area contributed by atoms with Gasteiger partial charge in [0.2, 0.25) is 0 Å². The van der Waals surface area contributed by atoms with Crippen molar-refractivity contribution in [3.63, 3.8) is 0 Å². The van der Waals surface area contributed by atoms with Gasteiger partial charge in [-0.3, -0.25) is 0 Å². The summed E-state index contributed by atoms with van der Waals surface area (Å²) in [5.74, 6) is -0.331. The van der Waals surface area contributed by atoms with Crippen LogP contribution in [0.15, 0.2) is 12.2 Å². The number of rotatable bonds is 3. The summed E-state index contributed by atoms with van der Waals surface area (Å²) in [5.41, 5.74) is 0. The van der Waals surface area contributed by atoms with Crippen LogP contribution in [0.2, 0.25) is 0 Å². The van der Waals surface area contributed by atoms with E-state index in [0.29, 0.717) is 6.61 Å². The van der Waals surface area contributed by atoms with Crippen LogP contribution in [-0.4, -0.2) is 31.6 Å². The van der Waals surface area contributed by atoms with Crippen LogP contribution in [0.5, 0.6) is 0 Å². The number of thiol groups is 1. The standard InChI is InChI=1S/C6H10O2.C2H8O3S/c1-3-5-6(7)8-4-2;1-2-6(3,4)5/h3,5H,4H2,1-2H3;6H,2H2,1H3,(H2,3,4,5)/b5-3+;. The first-order valence-corrected chi connectivity index (χ1v) is 6.01. The fraction of sp³-hybridized carbons (Fsp3) is 0.625. The molecule has 0 bridgehead atoms. The lowest BCUT2D eigenvalue weighted by atomic mass is 10.5. The molecule has 0 aromatic rings. The molecule has 0 rings (SSSR count). The Labute approximate surface area is 85.2 Å². The molecule has 6 heteroatoms. The molecular formula is C8H18O5S. The highest BCUT2D eigenvalue weighted by molar-refractivity contribution is 7.92. The smallest absolute Gasteiger partial charge is 0.330 e. The lowest BCUT2D eigenvalue weighted by Crippen LogP contribution is -2.09. The highest BCUT2D eigenvalue weighted by Crippen LogP contribution is 1.85. The van der Waals surface area contributed by atoms with Gasteiger partial charge in [0.25, 0.3) is 0 Å². The zero-order valence-electron chi connectivity index (χ0n) is 8.64. The second-order valence-corrected chi connectivity index (χ2v) is 4.19. The van der Waals surface area contributed by atoms with Gasteiger partial charge in [-0.15, -0.1) is 0 Å². The number of carbonyl (C=O) groups is 1. The van der Waals surface area contributed by atoms with Gasteiger partial charge in [-0.05, 0) is 13.8 Å². The SMILES string of the molecule is C/C=C/C(=O)OCC.CC[SH](=O)(O)O. The Balaban J connectivity index is 0. The molecule has 5 nitrogen and oxygen atoms in total. The summed E-state index contributed by atoms with van der Waals surface area (Å²) < 4.78 is 30.1. The summed E-state index contributed by atoms with van der Waals surface area (Å²) in [5, 5.41) is 0. The lowest BCUT2D eigenvalue weighted by Gasteiger charge is -2.02. The number of hydrogen-bond acceptors (Lipinski definition) is 3. The fourth-order valence-electron chi connectivity index (χ4n) is 0.326. The third kappa shape index (κ3) is 17.4. The molecule has 0 aliphatic heterocycles. The first kappa shape index (κ1) is 15.7. The zero-order valence-corrected chi connectivity index (χ0v) is 9.53. The largest absolute Gasteiger partial charge is 0.463 e. The first-order chi connectivity index (χ1) is 6.37. The van der Waals surface area contributed by atoms with Crippen molar-refractivity contribution >= 4 is 16.5 Å². The predicted octanol–water partition coefficient (Wildman–Crippen LogP) is 1.09. The molecule has 0 aliphatic carbocycles. The van der Waals surface area contributed by atoms with Crippen molar-refractivity contribution in [2.45, 2.75) is 20.8 Å². The van der Waals surface area contributed by atoms with Crippen molar-refractivity contribution < 1.29 is 22.8 Å². The van der Waals surface area contributed by atoms with Gasteiger partial charge in [-0.25, -0.2) is 9.00 Å². The number of ether oxygens (including phenoxy) is 1. The zero-order chi connectivity index (χ0) is 11.6. The maximum atomic E-state index is 10.3. The van der Waals surface area contributed by atoms with Crippen LogP contribution >= 0.6 is 0 Å². The monoisotopic (exact) mass is 226 g/mol. The van der Waals surface area contributed by atoms with E-state index < -0.39 is 10.5 Å². The minimum Gasteiger partial charge on any atom is -0.463 e. The summed E-state index contributed by atoms with van der Waals surface area (Å²) in [6.45, 7) is 5.45. The number of esters is 1. The normalized spacial score (nSPS) is 11.8. The molecule has 14 heavy (non-hydrogen) atoms. The number of carbonyl (C=O) groups excluding carboxylic acids is 1. The Morgan fingerprint density at radius 2 is 1.86 bits per heavy atom. The fourth-order valence-corrected chi connectivity index (χ4v) is 0.326. The summed E-state index contributed by atoms with van der Waals surface area (Å²) in [6, 6.07) is 0. The van der Waals surface area contributed by atoms with E-state index in [1.54, 1.807) is 19.9 Å². The summed E-state index contributed by atoms with van der Waals surface area (Å²) >= 11 is 0. The second-order valence-electron chi connectivity index (χ2n) is 2.23. The minimum atomic E-state index is -3.65. The number of hydrogen-bond donors (Lipinski definition) is 3. The molecule has 0 radical (unpaired) electrons. The van der Waals surface area contributed by atoms with Gasteiger partial charge in [-0.1, -0.05) is 13.0 Å². The first-order valence-electron chi connectivity index (χ1n) is 4.21. The summed E-state index contributed by atoms with van der Waals surface area (Å²) in [6.07, 6.45) is 3.04. The molecule has 0 unspecified atom stereocenters. The molecule has 2 N–H and O–H groups in total. The highest BCUT2D eigenvalue weighted by atomic mass is 32.3. The molecule has 0 heterocycles. The Morgan fingerprint density at radius 1 is 1.43 bits per heavy atom. The van der Waals surface area contributed by atoms with Crippen molar-refractivity contribution in [3.05, 3.63) is 12.2 Å². The van der Waals surface area contributed by atoms with E-state index in [1.807, 2.05) is 0 Å². The van der Waals surface area contributed by atoms with E-state index in [4.69, 9.17) is 9.11 Å². The van der Waals surface area contributed by atoms with Gasteiger partial charge in [0.15, 0.2) is 0 Å². The molecule has 0 aliphatic rings. The van der Waals surface area contributed by atoms with Gasteiger partial charge >= 0.3 is 5.97 Å².